The van der Waals surface area contributed by atoms with E-state index >= 15 is 0 Å². The molecule has 0 amide bonds. The summed E-state index contributed by atoms with van der Waals surface area (Å²) in [6.07, 6.45) is 13.7. The lowest BCUT2D eigenvalue weighted by Crippen LogP contribution is -1.93. The van der Waals surface area contributed by atoms with Gasteiger partial charge < -0.3 is 0 Å². The monoisotopic (exact) mass is 173 g/mol. The van der Waals surface area contributed by atoms with E-state index in [1.807, 2.05) is 50.3 Å². The predicted molar refractivity (Wildman–Crippen MR) is 61.3 cm³/mol. The van der Waals surface area contributed by atoms with Crippen molar-refractivity contribution in [2.45, 2.75) is 13.8 Å². The Morgan fingerprint density at radius 3 is 2.23 bits per heavy atom. The molecule has 0 atom stereocenters. The second-order valence-electron chi connectivity index (χ2n) is 2.24. The maximum atomic E-state index is 3.72. The SMILES string of the molecule is C=C/C=C1/C=CC=C[C]1C=C.CC. The molecule has 0 unspecified atom stereocenters. The van der Waals surface area contributed by atoms with Crippen LogP contribution in [0.2, 0.25) is 0 Å². The van der Waals surface area contributed by atoms with Gasteiger partial charge in [0, 0.05) is 5.92 Å². The molecule has 0 nitrogen and oxygen atoms in total. The fourth-order valence-electron chi connectivity index (χ4n) is 0.976. The highest BCUT2D eigenvalue weighted by Crippen LogP contribution is 2.21. The quantitative estimate of drug-likeness (QED) is 0.592. The third kappa shape index (κ3) is 3.75. The fourth-order valence-corrected chi connectivity index (χ4v) is 0.976. The van der Waals surface area contributed by atoms with Gasteiger partial charge in [0.1, 0.15) is 0 Å². The zero-order valence-electron chi connectivity index (χ0n) is 8.46. The van der Waals surface area contributed by atoms with Crippen molar-refractivity contribution in [3.8, 4) is 0 Å². The van der Waals surface area contributed by atoms with E-state index in [0.717, 1.165) is 11.5 Å². The highest BCUT2D eigenvalue weighted by atomic mass is 14.1. The molecule has 1 radical (unpaired) electrons. The summed E-state index contributed by atoms with van der Waals surface area (Å²) in [5.74, 6) is 1.15. The van der Waals surface area contributed by atoms with Crippen LogP contribution in [0.15, 0.2) is 61.3 Å². The van der Waals surface area contributed by atoms with Gasteiger partial charge >= 0.3 is 0 Å². The molecule has 69 valence electrons. The number of hydrogen-bond donors (Lipinski definition) is 0. The summed E-state index contributed by atoms with van der Waals surface area (Å²) in [7, 11) is 0. The Kier molecular flexibility index (Phi) is 6.62. The van der Waals surface area contributed by atoms with E-state index in [0.29, 0.717) is 0 Å². The Morgan fingerprint density at radius 2 is 1.69 bits per heavy atom. The van der Waals surface area contributed by atoms with Crippen LogP contribution in [0, 0.1) is 5.92 Å². The first kappa shape index (κ1) is 11.7. The Hall–Kier alpha value is -1.30. The Morgan fingerprint density at radius 1 is 1.08 bits per heavy atom. The van der Waals surface area contributed by atoms with E-state index in [4.69, 9.17) is 0 Å². The molecule has 1 rings (SSSR count). The topological polar surface area (TPSA) is 0 Å². The maximum absolute atomic E-state index is 3.72. The molecule has 0 heterocycles. The van der Waals surface area contributed by atoms with Crippen LogP contribution in [-0.2, 0) is 0 Å². The van der Waals surface area contributed by atoms with Gasteiger partial charge in [-0.15, -0.1) is 6.58 Å². The molecular weight excluding hydrogens is 156 g/mol. The van der Waals surface area contributed by atoms with Gasteiger partial charge in [0.15, 0.2) is 0 Å². The molecule has 0 aliphatic heterocycles. The van der Waals surface area contributed by atoms with Crippen LogP contribution in [0.25, 0.3) is 0 Å². The van der Waals surface area contributed by atoms with Crippen molar-refractivity contribution >= 4 is 0 Å². The minimum absolute atomic E-state index is 1.15. The normalized spacial score (nSPS) is 17.8. The number of allylic oxidation sites excluding steroid dienone is 8. The fraction of sp³-hybridized carbons (Fsp3) is 0.154. The first-order valence-corrected chi connectivity index (χ1v) is 4.55. The molecule has 0 bridgehead atoms. The summed E-state index contributed by atoms with van der Waals surface area (Å²) < 4.78 is 0. The zero-order chi connectivity index (χ0) is 10.1. The van der Waals surface area contributed by atoms with Crippen molar-refractivity contribution in [2.24, 2.45) is 0 Å². The van der Waals surface area contributed by atoms with E-state index in [1.165, 1.54) is 0 Å². The molecule has 0 saturated heterocycles. The van der Waals surface area contributed by atoms with Crippen molar-refractivity contribution in [1.29, 1.82) is 0 Å². The molecule has 0 aromatic carbocycles. The summed E-state index contributed by atoms with van der Waals surface area (Å²) in [5, 5.41) is 0. The zero-order valence-corrected chi connectivity index (χ0v) is 8.46. The summed E-state index contributed by atoms with van der Waals surface area (Å²) in [6, 6.07) is 0. The molecule has 0 spiro atoms. The first-order valence-electron chi connectivity index (χ1n) is 4.55. The predicted octanol–water partition coefficient (Wildman–Crippen LogP) is 4.01. The molecule has 0 N–H and O–H groups in total. The van der Waals surface area contributed by atoms with Gasteiger partial charge in [0.2, 0.25) is 0 Å². The Bertz CT molecular complexity index is 239. The summed E-state index contributed by atoms with van der Waals surface area (Å²) in [5.41, 5.74) is 1.16. The lowest BCUT2D eigenvalue weighted by atomic mass is 9.94. The molecule has 0 saturated carbocycles. The number of hydrogen-bond acceptors (Lipinski definition) is 0. The lowest BCUT2D eigenvalue weighted by Gasteiger charge is -2.09. The minimum Gasteiger partial charge on any atom is -0.102 e. The molecule has 0 fully saturated rings. The summed E-state index contributed by atoms with van der Waals surface area (Å²) in [4.78, 5) is 0. The van der Waals surface area contributed by atoms with Crippen LogP contribution in [0.3, 0.4) is 0 Å². The van der Waals surface area contributed by atoms with Crippen molar-refractivity contribution in [3.05, 3.63) is 67.2 Å². The molecule has 0 aromatic heterocycles. The lowest BCUT2D eigenvalue weighted by molar-refractivity contribution is 1.36. The third-order valence-corrected chi connectivity index (χ3v) is 1.51. The van der Waals surface area contributed by atoms with Gasteiger partial charge in [-0.25, -0.2) is 0 Å². The van der Waals surface area contributed by atoms with Crippen LogP contribution in [0.1, 0.15) is 13.8 Å². The third-order valence-electron chi connectivity index (χ3n) is 1.51. The van der Waals surface area contributed by atoms with Crippen molar-refractivity contribution in [2.75, 3.05) is 0 Å². The van der Waals surface area contributed by atoms with Gasteiger partial charge in [0.05, 0.1) is 0 Å². The highest BCUT2D eigenvalue weighted by Gasteiger charge is 2.05. The summed E-state index contributed by atoms with van der Waals surface area (Å²) in [6.45, 7) is 11.4. The van der Waals surface area contributed by atoms with Crippen LogP contribution >= 0.6 is 0 Å². The molecule has 13 heavy (non-hydrogen) atoms. The van der Waals surface area contributed by atoms with E-state index in [9.17, 15) is 0 Å². The molecule has 0 aromatic rings. The minimum atomic E-state index is 1.15. The standard InChI is InChI=1S/C11H11.C2H6/c1-3-7-11-9-6-5-8-10(11)4-2;1-2/h3-9H,1-2H2;1-2H3/b11-7-;. The van der Waals surface area contributed by atoms with Crippen molar-refractivity contribution in [3.63, 3.8) is 0 Å². The smallest absolute Gasteiger partial charge is 0.0479 e. The van der Waals surface area contributed by atoms with Crippen molar-refractivity contribution < 1.29 is 0 Å². The highest BCUT2D eigenvalue weighted by molar-refractivity contribution is 5.51. The summed E-state index contributed by atoms with van der Waals surface area (Å²) >= 11 is 0. The van der Waals surface area contributed by atoms with Crippen LogP contribution in [-0.4, -0.2) is 0 Å². The molecule has 0 heteroatoms. The second kappa shape index (κ2) is 7.35. The van der Waals surface area contributed by atoms with Crippen LogP contribution < -0.4 is 0 Å². The van der Waals surface area contributed by atoms with Gasteiger partial charge in [-0.2, -0.15) is 0 Å². The van der Waals surface area contributed by atoms with E-state index in [1.54, 1.807) is 6.08 Å². The second-order valence-corrected chi connectivity index (χ2v) is 2.24. The molecule has 1 aliphatic rings. The van der Waals surface area contributed by atoms with Gasteiger partial charge in [-0.05, 0) is 5.57 Å². The molecule has 1 aliphatic carbocycles. The van der Waals surface area contributed by atoms with Crippen LogP contribution in [0.5, 0.6) is 0 Å². The molecular formula is C13H17. The van der Waals surface area contributed by atoms with E-state index in [-0.39, 0.29) is 0 Å². The number of rotatable bonds is 2. The van der Waals surface area contributed by atoms with Gasteiger partial charge in [0.25, 0.3) is 0 Å². The Balaban J connectivity index is 0.000000671. The van der Waals surface area contributed by atoms with Gasteiger partial charge in [-0.1, -0.05) is 63.0 Å². The average Bonchev–Trinajstić information content (AvgIpc) is 2.22. The van der Waals surface area contributed by atoms with Crippen LogP contribution in [0.4, 0.5) is 0 Å². The Labute approximate surface area is 81.7 Å². The van der Waals surface area contributed by atoms with E-state index < -0.39 is 0 Å². The first-order chi connectivity index (χ1) is 6.38. The van der Waals surface area contributed by atoms with Gasteiger partial charge in [-0.3, -0.25) is 0 Å². The average molecular weight is 173 g/mol. The largest absolute Gasteiger partial charge is 0.102 e. The van der Waals surface area contributed by atoms with Crippen molar-refractivity contribution in [1.82, 2.24) is 0 Å². The van der Waals surface area contributed by atoms with E-state index in [2.05, 4.69) is 13.2 Å². The maximum Gasteiger partial charge on any atom is 0.0479 e.